The van der Waals surface area contributed by atoms with Crippen molar-refractivity contribution in [3.8, 4) is 0 Å². The van der Waals surface area contributed by atoms with Crippen molar-refractivity contribution in [2.24, 2.45) is 5.92 Å². The number of amides is 1. The third kappa shape index (κ3) is 4.69. The van der Waals surface area contributed by atoms with E-state index in [2.05, 4.69) is 51.8 Å². The molecule has 130 valence electrons. The molecule has 0 aliphatic rings. The number of carbonyl (C=O) groups excluding carboxylic acids is 1. The summed E-state index contributed by atoms with van der Waals surface area (Å²) in [5, 5.41) is 7.61. The number of aryl methyl sites for hydroxylation is 2. The average Bonchev–Trinajstić information content (AvgIpc) is 2.74. The van der Waals surface area contributed by atoms with E-state index in [4.69, 9.17) is 0 Å². The number of nitrogens with one attached hydrogen (secondary N) is 1. The molecule has 5 heteroatoms. The molecule has 1 amide bonds. The Balaban J connectivity index is 2.00. The monoisotopic (exact) mass is 391 g/mol. The molecule has 0 aliphatic carbocycles. The van der Waals surface area contributed by atoms with Crippen molar-refractivity contribution >= 4 is 27.5 Å². The van der Waals surface area contributed by atoms with Gasteiger partial charge in [0.15, 0.2) is 0 Å². The van der Waals surface area contributed by atoms with Crippen LogP contribution < -0.4 is 5.32 Å². The number of rotatable bonds is 6. The fourth-order valence-electron chi connectivity index (χ4n) is 2.84. The molecule has 0 unspecified atom stereocenters. The van der Waals surface area contributed by atoms with E-state index in [1.165, 1.54) is 11.3 Å². The number of nitrogens with zero attached hydrogens (tertiary/aromatic N) is 2. The van der Waals surface area contributed by atoms with Crippen LogP contribution in [0.5, 0.6) is 0 Å². The summed E-state index contributed by atoms with van der Waals surface area (Å²) in [6, 6.07) is 5.86. The molecule has 1 aromatic heterocycles. The summed E-state index contributed by atoms with van der Waals surface area (Å²) in [6.45, 7) is 11.4. The highest BCUT2D eigenvalue weighted by atomic mass is 79.9. The van der Waals surface area contributed by atoms with Gasteiger partial charge in [-0.25, -0.2) is 0 Å². The lowest BCUT2D eigenvalue weighted by Gasteiger charge is -2.10. The van der Waals surface area contributed by atoms with Crippen LogP contribution in [0, 0.1) is 26.7 Å². The molecule has 2 rings (SSSR count). The van der Waals surface area contributed by atoms with Gasteiger partial charge >= 0.3 is 0 Å². The van der Waals surface area contributed by atoms with E-state index in [9.17, 15) is 4.79 Å². The summed E-state index contributed by atoms with van der Waals surface area (Å²) >= 11 is 3.44. The number of hydrogen-bond donors (Lipinski definition) is 1. The summed E-state index contributed by atoms with van der Waals surface area (Å²) in [7, 11) is 0. The van der Waals surface area contributed by atoms with Gasteiger partial charge in [0.1, 0.15) is 0 Å². The molecule has 0 spiro atoms. The van der Waals surface area contributed by atoms with Crippen molar-refractivity contribution in [3.05, 3.63) is 45.2 Å². The first-order valence-corrected chi connectivity index (χ1v) is 9.16. The average molecular weight is 392 g/mol. The summed E-state index contributed by atoms with van der Waals surface area (Å²) in [5.41, 5.74) is 5.31. The Morgan fingerprint density at radius 3 is 2.62 bits per heavy atom. The molecule has 0 saturated carbocycles. The summed E-state index contributed by atoms with van der Waals surface area (Å²) < 4.78 is 3.08. The Bertz CT molecular complexity index is 734. The lowest BCUT2D eigenvalue weighted by atomic mass is 10.1. The zero-order chi connectivity index (χ0) is 17.9. The van der Waals surface area contributed by atoms with Gasteiger partial charge in [-0.1, -0.05) is 29.8 Å². The number of anilines is 1. The van der Waals surface area contributed by atoms with Crippen LogP contribution in [-0.2, 0) is 17.8 Å². The van der Waals surface area contributed by atoms with Gasteiger partial charge in [-0.2, -0.15) is 5.10 Å². The van der Waals surface area contributed by atoms with E-state index in [1.807, 2.05) is 32.0 Å². The zero-order valence-electron chi connectivity index (χ0n) is 15.1. The molecule has 1 aromatic carbocycles. The first kappa shape index (κ1) is 18.7. The maximum absolute atomic E-state index is 12.3. The molecule has 2 aromatic rings. The van der Waals surface area contributed by atoms with Crippen molar-refractivity contribution < 1.29 is 4.79 Å². The SMILES string of the molecule is Cc1cc(Br)ccc1NC(=O)CCc1c(C)nn(CC(C)C)c1C. The van der Waals surface area contributed by atoms with Crippen LogP contribution in [0.2, 0.25) is 0 Å². The largest absolute Gasteiger partial charge is 0.326 e. The molecular weight excluding hydrogens is 366 g/mol. The summed E-state index contributed by atoms with van der Waals surface area (Å²) in [5.74, 6) is 0.593. The molecule has 0 radical (unpaired) electrons. The minimum atomic E-state index is 0.0378. The van der Waals surface area contributed by atoms with Crippen molar-refractivity contribution in [3.63, 3.8) is 0 Å². The zero-order valence-corrected chi connectivity index (χ0v) is 16.7. The van der Waals surface area contributed by atoms with E-state index >= 15 is 0 Å². The van der Waals surface area contributed by atoms with E-state index in [1.54, 1.807) is 0 Å². The standard InChI is InChI=1S/C19H26BrN3O/c1-12(2)11-23-15(5)17(14(4)22-23)7-9-19(24)21-18-8-6-16(20)10-13(18)3/h6,8,10,12H,7,9,11H2,1-5H3,(H,21,24). The Morgan fingerprint density at radius 2 is 2.00 bits per heavy atom. The second-order valence-corrected chi connectivity index (χ2v) is 7.65. The lowest BCUT2D eigenvalue weighted by Crippen LogP contribution is -2.13. The van der Waals surface area contributed by atoms with E-state index < -0.39 is 0 Å². The number of carbonyl (C=O) groups is 1. The maximum atomic E-state index is 12.3. The van der Waals surface area contributed by atoms with Crippen LogP contribution in [0.25, 0.3) is 0 Å². The van der Waals surface area contributed by atoms with Gasteiger partial charge in [-0.3, -0.25) is 9.48 Å². The summed E-state index contributed by atoms with van der Waals surface area (Å²) in [4.78, 5) is 12.3. The number of hydrogen-bond acceptors (Lipinski definition) is 2. The fourth-order valence-corrected chi connectivity index (χ4v) is 3.31. The first-order chi connectivity index (χ1) is 11.3. The molecule has 0 atom stereocenters. The van der Waals surface area contributed by atoms with E-state index in [0.717, 1.165) is 34.4 Å². The quantitative estimate of drug-likeness (QED) is 0.768. The Kier molecular flexibility index (Phi) is 6.21. The van der Waals surface area contributed by atoms with Gasteiger partial charge < -0.3 is 5.32 Å². The lowest BCUT2D eigenvalue weighted by molar-refractivity contribution is -0.116. The molecule has 0 saturated heterocycles. The molecule has 0 fully saturated rings. The highest BCUT2D eigenvalue weighted by Crippen LogP contribution is 2.21. The highest BCUT2D eigenvalue weighted by molar-refractivity contribution is 9.10. The smallest absolute Gasteiger partial charge is 0.224 e. The second kappa shape index (κ2) is 7.97. The van der Waals surface area contributed by atoms with Crippen molar-refractivity contribution in [1.29, 1.82) is 0 Å². The number of benzene rings is 1. The van der Waals surface area contributed by atoms with Gasteiger partial charge in [0.25, 0.3) is 0 Å². The second-order valence-electron chi connectivity index (χ2n) is 6.73. The topological polar surface area (TPSA) is 46.9 Å². The molecule has 0 aliphatic heterocycles. The minimum absolute atomic E-state index is 0.0378. The molecule has 1 N–H and O–H groups in total. The molecule has 1 heterocycles. The molecule has 4 nitrogen and oxygen atoms in total. The Morgan fingerprint density at radius 1 is 1.29 bits per heavy atom. The minimum Gasteiger partial charge on any atom is -0.326 e. The van der Waals surface area contributed by atoms with Crippen LogP contribution in [-0.4, -0.2) is 15.7 Å². The predicted molar refractivity (Wildman–Crippen MR) is 102 cm³/mol. The summed E-state index contributed by atoms with van der Waals surface area (Å²) in [6.07, 6.45) is 1.18. The molecular formula is C19H26BrN3O. The van der Waals surface area contributed by atoms with Crippen LogP contribution in [0.1, 0.15) is 42.8 Å². The highest BCUT2D eigenvalue weighted by Gasteiger charge is 2.14. The van der Waals surface area contributed by atoms with Crippen molar-refractivity contribution in [2.75, 3.05) is 5.32 Å². The van der Waals surface area contributed by atoms with Gasteiger partial charge in [0, 0.05) is 28.8 Å². The molecule has 24 heavy (non-hydrogen) atoms. The first-order valence-electron chi connectivity index (χ1n) is 8.36. The van der Waals surface area contributed by atoms with Crippen LogP contribution in [0.4, 0.5) is 5.69 Å². The number of aromatic nitrogens is 2. The fraction of sp³-hybridized carbons (Fsp3) is 0.474. The molecule has 0 bridgehead atoms. The van der Waals surface area contributed by atoms with Gasteiger partial charge in [0.05, 0.1) is 5.69 Å². The van der Waals surface area contributed by atoms with Gasteiger partial charge in [-0.05, 0) is 62.4 Å². The van der Waals surface area contributed by atoms with Crippen molar-refractivity contribution in [2.45, 2.75) is 54.0 Å². The maximum Gasteiger partial charge on any atom is 0.224 e. The van der Waals surface area contributed by atoms with E-state index in [-0.39, 0.29) is 5.91 Å². The van der Waals surface area contributed by atoms with Gasteiger partial charge in [-0.15, -0.1) is 0 Å². The van der Waals surface area contributed by atoms with Crippen molar-refractivity contribution in [1.82, 2.24) is 9.78 Å². The Hall–Kier alpha value is -1.62. The predicted octanol–water partition coefficient (Wildman–Crippen LogP) is 4.80. The van der Waals surface area contributed by atoms with Crippen LogP contribution in [0.3, 0.4) is 0 Å². The third-order valence-corrected chi connectivity index (χ3v) is 4.63. The van der Waals surface area contributed by atoms with Crippen LogP contribution in [0.15, 0.2) is 22.7 Å². The van der Waals surface area contributed by atoms with E-state index in [0.29, 0.717) is 12.3 Å². The third-order valence-electron chi connectivity index (χ3n) is 4.13. The number of halogens is 1. The van der Waals surface area contributed by atoms with Gasteiger partial charge in [0.2, 0.25) is 5.91 Å². The Labute approximate surface area is 152 Å². The normalized spacial score (nSPS) is 11.1. The van der Waals surface area contributed by atoms with Crippen LogP contribution >= 0.6 is 15.9 Å².